The second-order valence-corrected chi connectivity index (χ2v) is 4.61. The molecule has 1 aromatic heterocycles. The largest absolute Gasteiger partial charge is 0.286 e. The third-order valence-corrected chi connectivity index (χ3v) is 3.55. The Morgan fingerprint density at radius 1 is 1.40 bits per heavy atom. The molecule has 15 heavy (non-hydrogen) atoms. The van der Waals surface area contributed by atoms with Crippen LogP contribution in [-0.2, 0) is 0 Å². The Morgan fingerprint density at radius 3 is 2.87 bits per heavy atom. The number of thioether (sulfide) groups is 1. The maximum Gasteiger partial charge on any atom is 0.222 e. The van der Waals surface area contributed by atoms with E-state index in [4.69, 9.17) is 0 Å². The molecule has 0 unspecified atom stereocenters. The molecule has 0 saturated carbocycles. The van der Waals surface area contributed by atoms with E-state index < -0.39 is 0 Å². The number of aromatic nitrogens is 1. The molecule has 0 atom stereocenters. The van der Waals surface area contributed by atoms with Gasteiger partial charge in [-0.3, -0.25) is 4.79 Å². The summed E-state index contributed by atoms with van der Waals surface area (Å²) in [5.74, 6) is 0.00921. The Balaban J connectivity index is 2.42. The highest BCUT2D eigenvalue weighted by molar-refractivity contribution is 7.98. The Morgan fingerprint density at radius 2 is 2.20 bits per heavy atom. The van der Waals surface area contributed by atoms with E-state index in [9.17, 15) is 4.79 Å². The Hall–Kier alpha value is -1.13. The van der Waals surface area contributed by atoms with Crippen LogP contribution in [0.4, 0.5) is 0 Å². The maximum atomic E-state index is 12.0. The molecule has 2 nitrogen and oxygen atoms in total. The monoisotopic (exact) mass is 235 g/mol. The number of thiazole rings is 1. The topological polar surface area (TPSA) is 30.0 Å². The highest BCUT2D eigenvalue weighted by Gasteiger charge is 2.14. The van der Waals surface area contributed by atoms with Crippen LogP contribution in [0.2, 0.25) is 0 Å². The van der Waals surface area contributed by atoms with Crippen LogP contribution in [0, 0.1) is 0 Å². The van der Waals surface area contributed by atoms with Crippen molar-refractivity contribution in [1.82, 2.24) is 4.98 Å². The molecule has 0 fully saturated rings. The molecule has 0 aliphatic carbocycles. The molecule has 0 saturated heterocycles. The van der Waals surface area contributed by atoms with Gasteiger partial charge in [0.1, 0.15) is 0 Å². The summed E-state index contributed by atoms with van der Waals surface area (Å²) in [6, 6.07) is 7.60. The van der Waals surface area contributed by atoms with Crippen molar-refractivity contribution in [1.29, 1.82) is 0 Å². The standard InChI is InChI=1S/C11H9NOS2/c1-14-9-5-3-2-4-8(9)10(13)11-12-6-7-15-11/h2-7H,1H3. The molecule has 1 heterocycles. The van der Waals surface area contributed by atoms with Crippen LogP contribution in [0.5, 0.6) is 0 Å². The fourth-order valence-corrected chi connectivity index (χ4v) is 2.47. The van der Waals surface area contributed by atoms with Gasteiger partial charge in [-0.15, -0.1) is 23.1 Å². The summed E-state index contributed by atoms with van der Waals surface area (Å²) in [6.45, 7) is 0. The molecule has 0 aliphatic heterocycles. The number of benzene rings is 1. The molecule has 0 radical (unpaired) electrons. The van der Waals surface area contributed by atoms with Crippen molar-refractivity contribution in [2.45, 2.75) is 4.90 Å². The van der Waals surface area contributed by atoms with Crippen molar-refractivity contribution in [3.05, 3.63) is 46.4 Å². The van der Waals surface area contributed by atoms with Gasteiger partial charge in [-0.2, -0.15) is 0 Å². The molecular weight excluding hydrogens is 226 g/mol. The average molecular weight is 235 g/mol. The van der Waals surface area contributed by atoms with Gasteiger partial charge in [0.25, 0.3) is 0 Å². The Bertz CT molecular complexity index is 465. The van der Waals surface area contributed by atoms with E-state index >= 15 is 0 Å². The molecule has 0 N–H and O–H groups in total. The second-order valence-electron chi connectivity index (χ2n) is 2.87. The van der Waals surface area contributed by atoms with Crippen LogP contribution in [0.25, 0.3) is 0 Å². The third-order valence-electron chi connectivity index (χ3n) is 1.98. The number of carbonyl (C=O) groups excluding carboxylic acids is 1. The summed E-state index contributed by atoms with van der Waals surface area (Å²) in [5.41, 5.74) is 0.736. The predicted octanol–water partition coefficient (Wildman–Crippen LogP) is 3.10. The predicted molar refractivity (Wildman–Crippen MR) is 63.8 cm³/mol. The zero-order chi connectivity index (χ0) is 10.7. The van der Waals surface area contributed by atoms with Gasteiger partial charge in [-0.1, -0.05) is 12.1 Å². The zero-order valence-corrected chi connectivity index (χ0v) is 9.77. The van der Waals surface area contributed by atoms with Crippen LogP contribution >= 0.6 is 23.1 Å². The zero-order valence-electron chi connectivity index (χ0n) is 8.14. The quantitative estimate of drug-likeness (QED) is 0.605. The van der Waals surface area contributed by atoms with Gasteiger partial charge in [0.05, 0.1) is 0 Å². The van der Waals surface area contributed by atoms with Crippen molar-refractivity contribution < 1.29 is 4.79 Å². The fraction of sp³-hybridized carbons (Fsp3) is 0.0909. The van der Waals surface area contributed by atoms with Gasteiger partial charge in [0.15, 0.2) is 5.01 Å². The summed E-state index contributed by atoms with van der Waals surface area (Å²) in [5, 5.41) is 2.37. The molecule has 0 aliphatic rings. The van der Waals surface area contributed by atoms with E-state index in [1.807, 2.05) is 35.9 Å². The van der Waals surface area contributed by atoms with Crippen molar-refractivity contribution >= 4 is 28.9 Å². The van der Waals surface area contributed by atoms with Gasteiger partial charge < -0.3 is 0 Å². The van der Waals surface area contributed by atoms with Crippen LogP contribution < -0.4 is 0 Å². The lowest BCUT2D eigenvalue weighted by Gasteiger charge is -2.03. The minimum absolute atomic E-state index is 0.00921. The number of ketones is 1. The number of rotatable bonds is 3. The highest BCUT2D eigenvalue weighted by Crippen LogP contribution is 2.23. The lowest BCUT2D eigenvalue weighted by molar-refractivity contribution is 0.103. The Kier molecular flexibility index (Phi) is 3.18. The number of nitrogens with zero attached hydrogens (tertiary/aromatic N) is 1. The second kappa shape index (κ2) is 4.59. The first-order valence-electron chi connectivity index (χ1n) is 4.40. The van der Waals surface area contributed by atoms with E-state index in [-0.39, 0.29) is 5.78 Å². The lowest BCUT2D eigenvalue weighted by atomic mass is 10.1. The first kappa shape index (κ1) is 10.4. The third kappa shape index (κ3) is 2.11. The van der Waals surface area contributed by atoms with E-state index in [0.717, 1.165) is 10.5 Å². The van der Waals surface area contributed by atoms with E-state index in [1.54, 1.807) is 18.0 Å². The summed E-state index contributed by atoms with van der Waals surface area (Å²) in [6.07, 6.45) is 3.62. The molecule has 4 heteroatoms. The molecule has 0 spiro atoms. The van der Waals surface area contributed by atoms with Gasteiger partial charge in [-0.25, -0.2) is 4.98 Å². The molecule has 1 aromatic carbocycles. The minimum Gasteiger partial charge on any atom is -0.286 e. The van der Waals surface area contributed by atoms with Crippen molar-refractivity contribution in [3.8, 4) is 0 Å². The SMILES string of the molecule is CSc1ccccc1C(=O)c1nccs1. The van der Waals surface area contributed by atoms with Crippen LogP contribution in [0.1, 0.15) is 15.4 Å². The van der Waals surface area contributed by atoms with Crippen LogP contribution in [0.3, 0.4) is 0 Å². The summed E-state index contributed by atoms with van der Waals surface area (Å²) in [7, 11) is 0. The van der Waals surface area contributed by atoms with Gasteiger partial charge >= 0.3 is 0 Å². The fourth-order valence-electron chi connectivity index (χ4n) is 1.28. The Labute approximate surface area is 96.4 Å². The van der Waals surface area contributed by atoms with Crippen molar-refractivity contribution in [2.75, 3.05) is 6.26 Å². The van der Waals surface area contributed by atoms with Crippen molar-refractivity contribution in [2.24, 2.45) is 0 Å². The van der Waals surface area contributed by atoms with Crippen LogP contribution in [0.15, 0.2) is 40.7 Å². The molecular formula is C11H9NOS2. The summed E-state index contributed by atoms with van der Waals surface area (Å²) >= 11 is 2.95. The summed E-state index contributed by atoms with van der Waals surface area (Å²) in [4.78, 5) is 17.0. The minimum atomic E-state index is 0.00921. The number of carbonyl (C=O) groups is 1. The average Bonchev–Trinajstić information content (AvgIpc) is 2.81. The molecule has 76 valence electrons. The molecule has 2 rings (SSSR count). The lowest BCUT2D eigenvalue weighted by Crippen LogP contribution is -2.01. The van der Waals surface area contributed by atoms with E-state index in [0.29, 0.717) is 5.01 Å². The summed E-state index contributed by atoms with van der Waals surface area (Å²) < 4.78 is 0. The van der Waals surface area contributed by atoms with Gasteiger partial charge in [0.2, 0.25) is 5.78 Å². The maximum absolute atomic E-state index is 12.0. The van der Waals surface area contributed by atoms with E-state index in [1.165, 1.54) is 11.3 Å². The first-order chi connectivity index (χ1) is 7.33. The number of hydrogen-bond donors (Lipinski definition) is 0. The van der Waals surface area contributed by atoms with Gasteiger partial charge in [-0.05, 0) is 18.4 Å². The highest BCUT2D eigenvalue weighted by atomic mass is 32.2. The normalized spacial score (nSPS) is 10.2. The molecule has 2 aromatic rings. The molecule has 0 amide bonds. The number of hydrogen-bond acceptors (Lipinski definition) is 4. The molecule has 0 bridgehead atoms. The first-order valence-corrected chi connectivity index (χ1v) is 6.50. The van der Waals surface area contributed by atoms with E-state index in [2.05, 4.69) is 4.98 Å². The van der Waals surface area contributed by atoms with Crippen LogP contribution in [-0.4, -0.2) is 17.0 Å². The smallest absolute Gasteiger partial charge is 0.222 e. The van der Waals surface area contributed by atoms with Crippen molar-refractivity contribution in [3.63, 3.8) is 0 Å². The van der Waals surface area contributed by atoms with Gasteiger partial charge in [0, 0.05) is 22.0 Å².